The van der Waals surface area contributed by atoms with E-state index in [9.17, 15) is 14.9 Å². The number of hydrogen-bond donors (Lipinski definition) is 0. The maximum Gasteiger partial charge on any atom is 0.270 e. The molecule has 0 bridgehead atoms. The number of nitro benzene ring substituents is 1. The molecular formula is C19H20N2O4. The Morgan fingerprint density at radius 1 is 1.24 bits per heavy atom. The zero-order chi connectivity index (χ0) is 18.2. The van der Waals surface area contributed by atoms with E-state index >= 15 is 0 Å². The summed E-state index contributed by atoms with van der Waals surface area (Å²) in [6, 6.07) is 13.7. The van der Waals surface area contributed by atoms with Gasteiger partial charge in [-0.3, -0.25) is 14.9 Å². The maximum atomic E-state index is 12.4. The Morgan fingerprint density at radius 2 is 1.96 bits per heavy atom. The number of carbonyl (C=O) groups is 1. The van der Waals surface area contributed by atoms with Crippen LogP contribution in [0.3, 0.4) is 0 Å². The second-order valence-electron chi connectivity index (χ2n) is 5.39. The van der Waals surface area contributed by atoms with Gasteiger partial charge in [0.05, 0.1) is 12.0 Å². The fourth-order valence-corrected chi connectivity index (χ4v) is 2.31. The lowest BCUT2D eigenvalue weighted by Crippen LogP contribution is -2.28. The predicted molar refractivity (Wildman–Crippen MR) is 96.2 cm³/mol. The van der Waals surface area contributed by atoms with Crippen LogP contribution in [0.1, 0.15) is 18.1 Å². The Kier molecular flexibility index (Phi) is 6.28. The van der Waals surface area contributed by atoms with Crippen molar-refractivity contribution in [3.05, 3.63) is 75.8 Å². The monoisotopic (exact) mass is 340 g/mol. The highest BCUT2D eigenvalue weighted by atomic mass is 16.6. The molecule has 0 heterocycles. The third-order valence-electron chi connectivity index (χ3n) is 3.73. The van der Waals surface area contributed by atoms with Gasteiger partial charge >= 0.3 is 0 Å². The molecule has 0 unspecified atom stereocenters. The van der Waals surface area contributed by atoms with Crippen molar-refractivity contribution in [3.8, 4) is 5.75 Å². The van der Waals surface area contributed by atoms with Crippen molar-refractivity contribution in [2.24, 2.45) is 0 Å². The van der Waals surface area contributed by atoms with Crippen LogP contribution in [-0.2, 0) is 11.3 Å². The number of carbonyl (C=O) groups excluding carboxylic acids is 1. The SMILES string of the molecule is CCN(Cc1ccc(OC)cc1)C(=O)/C=C/c1cccc([N+](=O)[O-])c1. The fourth-order valence-electron chi connectivity index (χ4n) is 2.31. The molecule has 1 amide bonds. The van der Waals surface area contributed by atoms with Gasteiger partial charge in [0.25, 0.3) is 5.69 Å². The molecule has 0 aliphatic heterocycles. The highest BCUT2D eigenvalue weighted by Crippen LogP contribution is 2.15. The zero-order valence-electron chi connectivity index (χ0n) is 14.2. The highest BCUT2D eigenvalue weighted by molar-refractivity contribution is 5.91. The molecule has 0 aliphatic rings. The Balaban J connectivity index is 2.05. The smallest absolute Gasteiger partial charge is 0.270 e. The topological polar surface area (TPSA) is 72.7 Å². The van der Waals surface area contributed by atoms with Crippen LogP contribution < -0.4 is 4.74 Å². The van der Waals surface area contributed by atoms with Crippen molar-refractivity contribution in [3.63, 3.8) is 0 Å². The van der Waals surface area contributed by atoms with Gasteiger partial charge < -0.3 is 9.64 Å². The summed E-state index contributed by atoms with van der Waals surface area (Å²) in [5.41, 5.74) is 1.61. The van der Waals surface area contributed by atoms with E-state index < -0.39 is 4.92 Å². The lowest BCUT2D eigenvalue weighted by molar-refractivity contribution is -0.384. The summed E-state index contributed by atoms with van der Waals surface area (Å²) in [6.07, 6.45) is 3.03. The standard InChI is InChI=1S/C19H20N2O4/c1-3-20(14-16-7-10-18(25-2)11-8-16)19(22)12-9-15-5-4-6-17(13-15)21(23)24/h4-13H,3,14H2,1-2H3/b12-9+. The summed E-state index contributed by atoms with van der Waals surface area (Å²) < 4.78 is 5.12. The average Bonchev–Trinajstić information content (AvgIpc) is 2.64. The Bertz CT molecular complexity index is 769. The number of nitro groups is 1. The lowest BCUT2D eigenvalue weighted by Gasteiger charge is -2.19. The van der Waals surface area contributed by atoms with E-state index in [0.29, 0.717) is 18.7 Å². The van der Waals surface area contributed by atoms with Crippen LogP contribution in [0.15, 0.2) is 54.6 Å². The van der Waals surface area contributed by atoms with Crippen molar-refractivity contribution in [2.45, 2.75) is 13.5 Å². The number of hydrogen-bond acceptors (Lipinski definition) is 4. The first-order valence-corrected chi connectivity index (χ1v) is 7.88. The maximum absolute atomic E-state index is 12.4. The fraction of sp³-hybridized carbons (Fsp3) is 0.211. The molecule has 0 fully saturated rings. The van der Waals surface area contributed by atoms with Gasteiger partial charge in [-0.1, -0.05) is 24.3 Å². The molecule has 130 valence electrons. The van der Waals surface area contributed by atoms with Gasteiger partial charge in [-0.05, 0) is 36.3 Å². The summed E-state index contributed by atoms with van der Waals surface area (Å²) in [5.74, 6) is 0.619. The third kappa shape index (κ3) is 5.17. The molecule has 0 saturated heterocycles. The zero-order valence-corrected chi connectivity index (χ0v) is 14.2. The molecule has 0 N–H and O–H groups in total. The van der Waals surface area contributed by atoms with E-state index in [1.807, 2.05) is 31.2 Å². The molecule has 6 nitrogen and oxygen atoms in total. The third-order valence-corrected chi connectivity index (χ3v) is 3.73. The normalized spacial score (nSPS) is 10.6. The van der Waals surface area contributed by atoms with E-state index in [1.54, 1.807) is 30.2 Å². The average molecular weight is 340 g/mol. The Morgan fingerprint density at radius 3 is 2.56 bits per heavy atom. The number of rotatable bonds is 7. The quantitative estimate of drug-likeness (QED) is 0.438. The first kappa shape index (κ1) is 18.2. The van der Waals surface area contributed by atoms with E-state index in [1.165, 1.54) is 18.2 Å². The van der Waals surface area contributed by atoms with Gasteiger partial charge in [0.15, 0.2) is 0 Å². The van der Waals surface area contributed by atoms with Gasteiger partial charge in [0, 0.05) is 31.3 Å². The molecule has 0 saturated carbocycles. The van der Waals surface area contributed by atoms with Crippen LogP contribution >= 0.6 is 0 Å². The molecule has 25 heavy (non-hydrogen) atoms. The first-order chi connectivity index (χ1) is 12.0. The minimum Gasteiger partial charge on any atom is -0.497 e. The Labute approximate surface area is 146 Å². The van der Waals surface area contributed by atoms with Gasteiger partial charge in [-0.15, -0.1) is 0 Å². The van der Waals surface area contributed by atoms with E-state index in [0.717, 1.165) is 11.3 Å². The summed E-state index contributed by atoms with van der Waals surface area (Å²) >= 11 is 0. The molecule has 2 aromatic carbocycles. The first-order valence-electron chi connectivity index (χ1n) is 7.88. The van der Waals surface area contributed by atoms with Crippen LogP contribution in [0.4, 0.5) is 5.69 Å². The van der Waals surface area contributed by atoms with Crippen molar-refractivity contribution in [1.29, 1.82) is 0 Å². The van der Waals surface area contributed by atoms with Crippen LogP contribution in [0, 0.1) is 10.1 Å². The number of nitrogens with zero attached hydrogens (tertiary/aromatic N) is 2. The molecule has 0 atom stereocenters. The van der Waals surface area contributed by atoms with Gasteiger partial charge in [0.1, 0.15) is 5.75 Å². The number of amides is 1. The molecule has 0 radical (unpaired) electrons. The Hall–Kier alpha value is -3.15. The van der Waals surface area contributed by atoms with Gasteiger partial charge in [0.2, 0.25) is 5.91 Å². The molecule has 0 spiro atoms. The molecule has 6 heteroatoms. The van der Waals surface area contributed by atoms with E-state index in [2.05, 4.69) is 0 Å². The number of benzene rings is 2. The minimum absolute atomic E-state index is 0.000166. The summed E-state index contributed by atoms with van der Waals surface area (Å²) in [7, 11) is 1.61. The van der Waals surface area contributed by atoms with E-state index in [-0.39, 0.29) is 11.6 Å². The van der Waals surface area contributed by atoms with Crippen molar-refractivity contribution < 1.29 is 14.5 Å². The minimum atomic E-state index is -0.457. The molecule has 0 aliphatic carbocycles. The predicted octanol–water partition coefficient (Wildman–Crippen LogP) is 3.67. The van der Waals surface area contributed by atoms with Crippen molar-refractivity contribution in [2.75, 3.05) is 13.7 Å². The number of ether oxygens (including phenoxy) is 1. The summed E-state index contributed by atoms with van der Waals surface area (Å²) in [4.78, 5) is 24.4. The van der Waals surface area contributed by atoms with Crippen LogP contribution in [0.5, 0.6) is 5.75 Å². The summed E-state index contributed by atoms with van der Waals surface area (Å²) in [5, 5.41) is 10.8. The van der Waals surface area contributed by atoms with Gasteiger partial charge in [-0.2, -0.15) is 0 Å². The second kappa shape index (κ2) is 8.63. The number of methoxy groups -OCH3 is 1. The van der Waals surface area contributed by atoms with E-state index in [4.69, 9.17) is 4.74 Å². The van der Waals surface area contributed by atoms with Crippen molar-refractivity contribution >= 4 is 17.7 Å². The van der Waals surface area contributed by atoms with Crippen LogP contribution in [0.25, 0.3) is 6.08 Å². The van der Waals surface area contributed by atoms with Gasteiger partial charge in [-0.25, -0.2) is 0 Å². The molecule has 2 aromatic rings. The molecule has 2 rings (SSSR count). The largest absolute Gasteiger partial charge is 0.497 e. The lowest BCUT2D eigenvalue weighted by atomic mass is 10.1. The molecular weight excluding hydrogens is 320 g/mol. The van der Waals surface area contributed by atoms with Crippen LogP contribution in [-0.4, -0.2) is 29.4 Å². The number of non-ortho nitro benzene ring substituents is 1. The summed E-state index contributed by atoms with van der Waals surface area (Å²) in [6.45, 7) is 2.95. The highest BCUT2D eigenvalue weighted by Gasteiger charge is 2.10. The van der Waals surface area contributed by atoms with Crippen molar-refractivity contribution in [1.82, 2.24) is 4.90 Å². The van der Waals surface area contributed by atoms with Crippen LogP contribution in [0.2, 0.25) is 0 Å². The second-order valence-corrected chi connectivity index (χ2v) is 5.39. The molecule has 0 aromatic heterocycles. The number of likely N-dealkylation sites (N-methyl/N-ethyl adjacent to an activating group) is 1.